The molecular weight excluding hydrogens is 510 g/mol. The Kier molecular flexibility index (Phi) is 13.6. The molecule has 0 aliphatic carbocycles. The molecule has 0 amide bonds. The Morgan fingerprint density at radius 3 is 0.818 bits per heavy atom. The zero-order valence-electron chi connectivity index (χ0n) is 16.7. The Morgan fingerprint density at radius 2 is 0.727 bits per heavy atom. The summed E-state index contributed by atoms with van der Waals surface area (Å²) in [7, 11) is 4.08. The summed E-state index contributed by atoms with van der Waals surface area (Å²) >= 11 is -1.09. The molecule has 4 heteroatoms. The number of hydrogen-bond acceptors (Lipinski definition) is 0. The fourth-order valence-corrected chi connectivity index (χ4v) is 1.84. The van der Waals surface area contributed by atoms with Gasteiger partial charge < -0.3 is 0 Å². The number of rotatable bonds is 2. The average Bonchev–Trinajstić information content (AvgIpc) is 2.25. The maximum atomic E-state index is 2.36. The van der Waals surface area contributed by atoms with E-state index in [0.717, 1.165) is 0 Å². The Labute approximate surface area is 161 Å². The van der Waals surface area contributed by atoms with Crippen molar-refractivity contribution in [3.05, 3.63) is 35.4 Å². The number of hydrogen-bond donors (Lipinski definition) is 0. The molecule has 0 aromatic heterocycles. The normalized spacial score (nSPS) is 11.5. The van der Waals surface area contributed by atoms with E-state index >= 15 is 0 Å². The third-order valence-electron chi connectivity index (χ3n) is 2.45. The van der Waals surface area contributed by atoms with E-state index < -0.39 is 39.5 Å². The van der Waals surface area contributed by atoms with Gasteiger partial charge in [-0.2, -0.15) is 0 Å². The van der Waals surface area contributed by atoms with E-state index in [1.54, 1.807) is 0 Å². The molecule has 22 heavy (non-hydrogen) atoms. The van der Waals surface area contributed by atoms with Gasteiger partial charge in [0.15, 0.2) is 0 Å². The van der Waals surface area contributed by atoms with Crippen LogP contribution in [0.1, 0.15) is 38.8 Å². The van der Waals surface area contributed by atoms with E-state index in [9.17, 15) is 0 Å². The Morgan fingerprint density at radius 1 is 0.591 bits per heavy atom. The van der Waals surface area contributed by atoms with E-state index in [-0.39, 0.29) is 0 Å². The van der Waals surface area contributed by atoms with Crippen molar-refractivity contribution in [2.24, 2.45) is 0 Å². The molecule has 0 unspecified atom stereocenters. The maximum absolute atomic E-state index is 2.36. The zero-order chi connectivity index (χ0) is 18.1. The molecule has 0 atom stereocenters. The van der Waals surface area contributed by atoms with Crippen molar-refractivity contribution in [2.75, 3.05) is 0 Å². The second kappa shape index (κ2) is 11.7. The van der Waals surface area contributed by atoms with Crippen molar-refractivity contribution in [1.82, 2.24) is 0 Å². The molecule has 0 bridgehead atoms. The summed E-state index contributed by atoms with van der Waals surface area (Å²) in [6.07, 6.45) is 0. The first-order valence-corrected chi connectivity index (χ1v) is 26.6. The van der Waals surface area contributed by atoms with Gasteiger partial charge in [-0.25, -0.2) is 0 Å². The molecule has 0 aliphatic heterocycles. The van der Waals surface area contributed by atoms with E-state index in [4.69, 9.17) is 0 Å². The van der Waals surface area contributed by atoms with E-state index in [1.165, 1.54) is 11.1 Å². The predicted molar refractivity (Wildman–Crippen MR) is 116 cm³/mol. The topological polar surface area (TPSA) is 0 Å². The average molecular weight is 548 g/mol. The first-order valence-electron chi connectivity index (χ1n) is 8.03. The summed E-state index contributed by atoms with van der Waals surface area (Å²) in [6, 6.07) is 9.05. The fraction of sp³-hybridized carbons (Fsp3) is 0.667. The van der Waals surface area contributed by atoms with Gasteiger partial charge in [-0.3, -0.25) is 0 Å². The van der Waals surface area contributed by atoms with Crippen LogP contribution in [0.15, 0.2) is 24.3 Å². The van der Waals surface area contributed by atoms with Gasteiger partial charge in [0.2, 0.25) is 0 Å². The molecule has 0 nitrogen and oxygen atoms in total. The van der Waals surface area contributed by atoms with Gasteiger partial charge in [-0.05, 0) is 21.2 Å². The van der Waals surface area contributed by atoms with Crippen LogP contribution < -0.4 is 0 Å². The van der Waals surface area contributed by atoms with Crippen molar-refractivity contribution in [3.63, 3.8) is 0 Å². The molecule has 126 valence electrons. The zero-order valence-corrected chi connectivity index (χ0v) is 25.3. The van der Waals surface area contributed by atoms with Crippen molar-refractivity contribution in [1.29, 1.82) is 0 Å². The third kappa shape index (κ3) is 16.1. The van der Waals surface area contributed by atoms with Crippen molar-refractivity contribution in [3.8, 4) is 0 Å². The molecular formula is C18H38Si2Sn2. The van der Waals surface area contributed by atoms with Crippen LogP contribution in [0.2, 0.25) is 29.6 Å². The summed E-state index contributed by atoms with van der Waals surface area (Å²) in [5.41, 5.74) is 2.85. The predicted octanol–water partition coefficient (Wildman–Crippen LogP) is 4.16. The molecule has 0 fully saturated rings. The van der Waals surface area contributed by atoms with Crippen LogP contribution in [-0.4, -0.2) is 60.0 Å². The van der Waals surface area contributed by atoms with Crippen LogP contribution in [0, 0.1) is 0 Å². The standard InChI is InChI=1S/C12H20Si2.6CH3.2Sn/c1-11(2,13)9-5-7-10(8-6-9)12(3,4)14;;;;;;;;/h5-8H,13-14H2,1-4H3;6*1H3;;. The first kappa shape index (κ1) is 25.5. The minimum absolute atomic E-state index is 0.290. The van der Waals surface area contributed by atoms with Gasteiger partial charge in [0.05, 0.1) is 0 Å². The van der Waals surface area contributed by atoms with Gasteiger partial charge in [-0.1, -0.05) is 52.0 Å². The monoisotopic (exact) mass is 550 g/mol. The van der Waals surface area contributed by atoms with Crippen molar-refractivity contribution < 1.29 is 0 Å². The molecule has 1 rings (SSSR count). The van der Waals surface area contributed by atoms with Gasteiger partial charge >= 0.3 is 69.2 Å². The second-order valence-corrected chi connectivity index (χ2v) is 29.0. The SMILES string of the molecule is CC(C)([SiH2])c1ccc(C(C)(C)[SiH2])cc1.[CH3][Sn]([CH3])[CH3].[CH3][Sn]([CH3])[CH3]. The van der Waals surface area contributed by atoms with E-state index in [2.05, 4.69) is 81.6 Å². The Hall–Kier alpha value is 1.25. The molecule has 4 radical (unpaired) electrons. The molecule has 0 spiro atoms. The second-order valence-electron chi connectivity index (χ2n) is 8.35. The first-order chi connectivity index (χ1) is 9.67. The van der Waals surface area contributed by atoms with Gasteiger partial charge in [0.1, 0.15) is 0 Å². The van der Waals surface area contributed by atoms with Crippen LogP contribution in [0.25, 0.3) is 0 Å². The molecule has 0 saturated heterocycles. The van der Waals surface area contributed by atoms with Crippen molar-refractivity contribution >= 4 is 60.0 Å². The summed E-state index contributed by atoms with van der Waals surface area (Å²) < 4.78 is 0. The van der Waals surface area contributed by atoms with Crippen LogP contribution in [0.5, 0.6) is 0 Å². The van der Waals surface area contributed by atoms with Crippen molar-refractivity contribution in [2.45, 2.75) is 67.4 Å². The Balaban J connectivity index is 0. The van der Waals surface area contributed by atoms with Crippen LogP contribution in [0.3, 0.4) is 0 Å². The number of benzene rings is 1. The Bertz CT molecular complexity index is 341. The van der Waals surface area contributed by atoms with Gasteiger partial charge in [0.25, 0.3) is 0 Å². The summed E-state index contributed by atoms with van der Waals surface area (Å²) in [4.78, 5) is 14.2. The molecule has 1 aromatic rings. The fourth-order valence-electron chi connectivity index (χ4n) is 1.37. The van der Waals surface area contributed by atoms with E-state index in [0.29, 0.717) is 10.1 Å². The third-order valence-corrected chi connectivity index (χ3v) is 3.26. The summed E-state index contributed by atoms with van der Waals surface area (Å²) in [5.74, 6) is 0. The van der Waals surface area contributed by atoms with Gasteiger partial charge in [-0.15, -0.1) is 0 Å². The molecule has 0 aliphatic rings. The molecule has 0 saturated carbocycles. The summed E-state index contributed by atoms with van der Waals surface area (Å²) in [6.45, 7) is 9.05. The minimum atomic E-state index is -0.543. The molecule has 1 aromatic carbocycles. The molecule has 0 N–H and O–H groups in total. The van der Waals surface area contributed by atoms with Crippen LogP contribution in [0.4, 0.5) is 0 Å². The van der Waals surface area contributed by atoms with Crippen LogP contribution >= 0.6 is 0 Å². The van der Waals surface area contributed by atoms with Gasteiger partial charge in [0, 0.05) is 20.5 Å². The quantitative estimate of drug-likeness (QED) is 0.488. The molecule has 0 heterocycles. The van der Waals surface area contributed by atoms with E-state index in [1.807, 2.05) is 20.5 Å². The summed E-state index contributed by atoms with van der Waals surface area (Å²) in [5, 5.41) is 0.581. The van der Waals surface area contributed by atoms with Crippen LogP contribution in [-0.2, 0) is 10.1 Å².